The highest BCUT2D eigenvalue weighted by molar-refractivity contribution is 5.81. The summed E-state index contributed by atoms with van der Waals surface area (Å²) in [6, 6.07) is 8.27. The Morgan fingerprint density at radius 1 is 1.37 bits per heavy atom. The minimum absolute atomic E-state index is 0. The van der Waals surface area contributed by atoms with E-state index in [0.717, 1.165) is 18.8 Å². The number of hydrogen-bond acceptors (Lipinski definition) is 3. The lowest BCUT2D eigenvalue weighted by Crippen LogP contribution is -3.00. The van der Waals surface area contributed by atoms with Gasteiger partial charge in [0.25, 0.3) is 5.82 Å². The quantitative estimate of drug-likeness (QED) is 0.433. The first-order chi connectivity index (χ1) is 13.8. The zero-order chi connectivity index (χ0) is 21.1. The van der Waals surface area contributed by atoms with E-state index in [0.29, 0.717) is 12.1 Å². The lowest BCUT2D eigenvalue weighted by molar-refractivity contribution is -0.702. The fourth-order valence-electron chi connectivity index (χ4n) is 4.12. The highest BCUT2D eigenvalue weighted by Gasteiger charge is 2.54. The fourth-order valence-corrected chi connectivity index (χ4v) is 4.12. The SMILES string of the molecule is CCC[n+]1ccn(CCOC(=O)[C@](O)(c2ccccc2)[C@H]2CCC(F)(F)C2)c1C.[Br-]. The minimum atomic E-state index is -2.87. The number of benzene rings is 1. The summed E-state index contributed by atoms with van der Waals surface area (Å²) < 4.78 is 37.1. The van der Waals surface area contributed by atoms with Gasteiger partial charge in [0.1, 0.15) is 25.5 Å². The van der Waals surface area contributed by atoms with Crippen LogP contribution < -0.4 is 21.5 Å². The van der Waals surface area contributed by atoms with Crippen molar-refractivity contribution >= 4 is 5.97 Å². The van der Waals surface area contributed by atoms with Crippen molar-refractivity contribution in [3.8, 4) is 0 Å². The van der Waals surface area contributed by atoms with Crippen LogP contribution in [0.4, 0.5) is 8.78 Å². The van der Waals surface area contributed by atoms with E-state index in [4.69, 9.17) is 4.74 Å². The average molecular weight is 487 g/mol. The summed E-state index contributed by atoms with van der Waals surface area (Å²) in [5, 5.41) is 11.3. The standard InChI is InChI=1S/C22H29F2N2O3.BrH/c1-3-11-25-12-13-26(17(25)2)14-15-29-20(27)22(28,18-7-5-4-6-8-18)19-9-10-21(23,24)16-19;/h4-8,12-13,19,28H,3,9-11,14-16H2,1-2H3;1H/q+1;/p-1/t19-,22-;/m0./s1. The molecule has 0 bridgehead atoms. The Labute approximate surface area is 186 Å². The summed E-state index contributed by atoms with van der Waals surface area (Å²) in [4.78, 5) is 12.9. The van der Waals surface area contributed by atoms with Gasteiger partial charge in [-0.2, -0.15) is 0 Å². The maximum absolute atomic E-state index is 13.8. The molecule has 1 saturated carbocycles. The molecule has 0 unspecified atom stereocenters. The number of esters is 1. The molecule has 5 nitrogen and oxygen atoms in total. The first-order valence-electron chi connectivity index (χ1n) is 10.2. The second-order valence-corrected chi connectivity index (χ2v) is 7.80. The summed E-state index contributed by atoms with van der Waals surface area (Å²) in [7, 11) is 0. The van der Waals surface area contributed by atoms with Crippen LogP contribution in [0.15, 0.2) is 42.7 Å². The molecule has 3 rings (SSSR count). The predicted octanol–water partition coefficient (Wildman–Crippen LogP) is 0.364. The molecular formula is C22H29BrF2N2O3. The number of rotatable bonds is 8. The Morgan fingerprint density at radius 2 is 2.07 bits per heavy atom. The molecular weight excluding hydrogens is 458 g/mol. The van der Waals surface area contributed by atoms with Gasteiger partial charge in [0.15, 0.2) is 5.60 Å². The lowest BCUT2D eigenvalue weighted by atomic mass is 9.80. The van der Waals surface area contributed by atoms with Gasteiger partial charge in [-0.05, 0) is 18.4 Å². The summed E-state index contributed by atoms with van der Waals surface area (Å²) in [6.07, 6.45) is 4.12. The normalized spacial score (nSPS) is 19.7. The molecule has 1 aliphatic carbocycles. The average Bonchev–Trinajstić information content (AvgIpc) is 3.25. The number of alkyl halides is 2. The molecule has 1 fully saturated rings. The second kappa shape index (κ2) is 10.0. The Hall–Kier alpha value is -1.80. The molecule has 1 aromatic heterocycles. The fraction of sp³-hybridized carbons (Fsp3) is 0.545. The first kappa shape index (κ1) is 24.5. The number of ether oxygens (including phenoxy) is 1. The van der Waals surface area contributed by atoms with Gasteiger partial charge in [0.2, 0.25) is 5.92 Å². The predicted molar refractivity (Wildman–Crippen MR) is 103 cm³/mol. The van der Waals surface area contributed by atoms with E-state index in [1.165, 1.54) is 0 Å². The van der Waals surface area contributed by atoms with E-state index in [1.807, 2.05) is 23.9 Å². The smallest absolute Gasteiger partial charge is 0.343 e. The van der Waals surface area contributed by atoms with E-state index in [9.17, 15) is 18.7 Å². The molecule has 1 N–H and O–H groups in total. The van der Waals surface area contributed by atoms with Crippen molar-refractivity contribution in [3.05, 3.63) is 54.1 Å². The van der Waals surface area contributed by atoms with Crippen LogP contribution >= 0.6 is 0 Å². The number of halogens is 3. The molecule has 0 saturated heterocycles. The number of aryl methyl sites for hydroxylation is 1. The zero-order valence-corrected chi connectivity index (χ0v) is 18.9. The van der Waals surface area contributed by atoms with Crippen LogP contribution in [-0.2, 0) is 28.2 Å². The van der Waals surface area contributed by atoms with Crippen molar-refractivity contribution in [1.82, 2.24) is 4.57 Å². The molecule has 0 radical (unpaired) electrons. The maximum Gasteiger partial charge on any atom is 0.343 e. The largest absolute Gasteiger partial charge is 1.00 e. The Kier molecular flexibility index (Phi) is 8.16. The van der Waals surface area contributed by atoms with Crippen LogP contribution in [0.25, 0.3) is 0 Å². The molecule has 8 heteroatoms. The number of aliphatic hydroxyl groups is 1. The van der Waals surface area contributed by atoms with Gasteiger partial charge in [-0.1, -0.05) is 37.3 Å². The van der Waals surface area contributed by atoms with Gasteiger partial charge in [0, 0.05) is 25.7 Å². The summed E-state index contributed by atoms with van der Waals surface area (Å²) in [5.74, 6) is -3.58. The summed E-state index contributed by atoms with van der Waals surface area (Å²) in [5.41, 5.74) is -1.78. The van der Waals surface area contributed by atoms with E-state index in [2.05, 4.69) is 11.5 Å². The third-order valence-electron chi connectivity index (χ3n) is 5.81. The second-order valence-electron chi connectivity index (χ2n) is 7.80. The van der Waals surface area contributed by atoms with Crippen molar-refractivity contribution in [2.24, 2.45) is 5.92 Å². The number of imidazole rings is 1. The van der Waals surface area contributed by atoms with Gasteiger partial charge < -0.3 is 26.8 Å². The van der Waals surface area contributed by atoms with E-state index >= 15 is 0 Å². The molecule has 30 heavy (non-hydrogen) atoms. The third kappa shape index (κ3) is 5.09. The minimum Gasteiger partial charge on any atom is -1.00 e. The van der Waals surface area contributed by atoms with Crippen LogP contribution in [-0.4, -0.2) is 28.2 Å². The van der Waals surface area contributed by atoms with Gasteiger partial charge >= 0.3 is 5.97 Å². The molecule has 2 atom stereocenters. The molecule has 1 aromatic carbocycles. The number of nitrogens with zero attached hydrogens (tertiary/aromatic N) is 2. The van der Waals surface area contributed by atoms with E-state index in [1.54, 1.807) is 30.3 Å². The highest BCUT2D eigenvalue weighted by Crippen LogP contribution is 2.47. The third-order valence-corrected chi connectivity index (χ3v) is 5.81. The monoisotopic (exact) mass is 486 g/mol. The lowest BCUT2D eigenvalue weighted by Gasteiger charge is -2.32. The van der Waals surface area contributed by atoms with Crippen LogP contribution in [0.5, 0.6) is 0 Å². The van der Waals surface area contributed by atoms with Gasteiger partial charge in [-0.15, -0.1) is 0 Å². The molecule has 0 spiro atoms. The molecule has 0 amide bonds. The first-order valence-corrected chi connectivity index (χ1v) is 10.2. The molecule has 166 valence electrons. The van der Waals surface area contributed by atoms with E-state index < -0.39 is 29.8 Å². The van der Waals surface area contributed by atoms with Crippen molar-refractivity contribution in [1.29, 1.82) is 0 Å². The Balaban J connectivity index is 0.00000320. The Bertz CT molecular complexity index is 844. The van der Waals surface area contributed by atoms with Crippen LogP contribution in [0.1, 0.15) is 44.0 Å². The summed E-state index contributed by atoms with van der Waals surface area (Å²) in [6.45, 7) is 5.47. The van der Waals surface area contributed by atoms with Crippen LogP contribution in [0.3, 0.4) is 0 Å². The molecule has 0 aliphatic heterocycles. The van der Waals surface area contributed by atoms with Gasteiger partial charge in [-0.3, -0.25) is 0 Å². The highest BCUT2D eigenvalue weighted by atomic mass is 79.9. The topological polar surface area (TPSA) is 55.3 Å². The van der Waals surface area contributed by atoms with Crippen molar-refractivity contribution in [2.45, 2.75) is 64.1 Å². The van der Waals surface area contributed by atoms with Crippen LogP contribution in [0.2, 0.25) is 0 Å². The van der Waals surface area contributed by atoms with E-state index in [-0.39, 0.29) is 36.4 Å². The number of aromatic nitrogens is 2. The summed E-state index contributed by atoms with van der Waals surface area (Å²) >= 11 is 0. The molecule has 2 aromatic rings. The van der Waals surface area contributed by atoms with Crippen molar-refractivity contribution in [3.63, 3.8) is 0 Å². The van der Waals surface area contributed by atoms with Gasteiger partial charge in [-0.25, -0.2) is 22.7 Å². The number of hydrogen-bond donors (Lipinski definition) is 1. The number of carbonyl (C=O) groups excluding carboxylic acids is 1. The number of carbonyl (C=O) groups is 1. The maximum atomic E-state index is 13.8. The van der Waals surface area contributed by atoms with Crippen molar-refractivity contribution < 1.29 is 45.0 Å². The molecule has 1 aliphatic rings. The van der Waals surface area contributed by atoms with Crippen molar-refractivity contribution in [2.75, 3.05) is 6.61 Å². The van der Waals surface area contributed by atoms with Gasteiger partial charge in [0.05, 0.1) is 6.54 Å². The molecule has 1 heterocycles. The van der Waals surface area contributed by atoms with Crippen LogP contribution in [0, 0.1) is 12.8 Å². The Morgan fingerprint density at radius 3 is 2.67 bits per heavy atom. The zero-order valence-electron chi connectivity index (χ0n) is 17.4.